The van der Waals surface area contributed by atoms with E-state index in [4.69, 9.17) is 9.84 Å². The Morgan fingerprint density at radius 2 is 2.31 bits per heavy atom. The number of nitrogens with one attached hydrogen (secondary N) is 1. The van der Waals surface area contributed by atoms with E-state index in [9.17, 15) is 9.59 Å². The molecule has 0 aliphatic carbocycles. The van der Waals surface area contributed by atoms with Crippen LogP contribution >= 0.6 is 0 Å². The van der Waals surface area contributed by atoms with Crippen molar-refractivity contribution >= 4 is 12.0 Å². The highest BCUT2D eigenvalue weighted by Gasteiger charge is 2.33. The fourth-order valence-electron chi connectivity index (χ4n) is 1.68. The van der Waals surface area contributed by atoms with E-state index in [1.807, 2.05) is 6.92 Å². The molecule has 0 aromatic carbocycles. The number of carbonyl (C=O) groups is 2. The maximum Gasteiger partial charge on any atom is 0.326 e. The number of carboxylic acids is 1. The van der Waals surface area contributed by atoms with Crippen molar-refractivity contribution < 1.29 is 19.4 Å². The van der Waals surface area contributed by atoms with Crippen LogP contribution < -0.4 is 5.32 Å². The van der Waals surface area contributed by atoms with E-state index in [0.717, 1.165) is 6.42 Å². The lowest BCUT2D eigenvalue weighted by atomic mass is 10.2. The molecule has 1 aliphatic heterocycles. The van der Waals surface area contributed by atoms with E-state index in [0.29, 0.717) is 19.5 Å². The molecule has 1 heterocycles. The van der Waals surface area contributed by atoms with E-state index >= 15 is 0 Å². The van der Waals surface area contributed by atoms with Gasteiger partial charge in [-0.2, -0.15) is 0 Å². The van der Waals surface area contributed by atoms with Crippen molar-refractivity contribution in [2.24, 2.45) is 0 Å². The molecule has 2 amide bonds. The third-order valence-electron chi connectivity index (χ3n) is 2.74. The van der Waals surface area contributed by atoms with Crippen LogP contribution in [0.4, 0.5) is 4.79 Å². The van der Waals surface area contributed by atoms with E-state index in [2.05, 4.69) is 5.32 Å². The van der Waals surface area contributed by atoms with Gasteiger partial charge in [0.15, 0.2) is 0 Å². The monoisotopic (exact) mass is 230 g/mol. The number of aliphatic carboxylic acids is 1. The van der Waals surface area contributed by atoms with Crippen molar-refractivity contribution in [1.82, 2.24) is 10.2 Å². The molecule has 1 rings (SSSR count). The average molecular weight is 230 g/mol. The first-order valence-corrected chi connectivity index (χ1v) is 5.36. The number of urea groups is 1. The molecule has 0 bridgehead atoms. The molecule has 16 heavy (non-hydrogen) atoms. The number of nitrogens with zero attached hydrogens (tertiary/aromatic N) is 1. The molecule has 0 radical (unpaired) electrons. The van der Waals surface area contributed by atoms with Crippen LogP contribution in [-0.4, -0.2) is 54.4 Å². The number of amides is 2. The first kappa shape index (κ1) is 12.8. The minimum Gasteiger partial charge on any atom is -0.480 e. The number of methoxy groups -OCH3 is 1. The molecule has 2 atom stereocenters. The van der Waals surface area contributed by atoms with Gasteiger partial charge in [-0.05, 0) is 19.8 Å². The summed E-state index contributed by atoms with van der Waals surface area (Å²) < 4.78 is 4.99. The van der Waals surface area contributed by atoms with Crippen molar-refractivity contribution in [3.63, 3.8) is 0 Å². The van der Waals surface area contributed by atoms with Crippen LogP contribution in [0.25, 0.3) is 0 Å². The number of likely N-dealkylation sites (tertiary alicyclic amines) is 1. The molecule has 1 aliphatic rings. The zero-order valence-corrected chi connectivity index (χ0v) is 9.60. The summed E-state index contributed by atoms with van der Waals surface area (Å²) in [4.78, 5) is 23.9. The molecule has 6 heteroatoms. The second-order valence-corrected chi connectivity index (χ2v) is 3.92. The third-order valence-corrected chi connectivity index (χ3v) is 2.74. The van der Waals surface area contributed by atoms with Crippen molar-refractivity contribution in [2.45, 2.75) is 31.9 Å². The lowest BCUT2D eigenvalue weighted by molar-refractivity contribution is -0.141. The van der Waals surface area contributed by atoms with Crippen LogP contribution in [0, 0.1) is 0 Å². The predicted molar refractivity (Wildman–Crippen MR) is 57.2 cm³/mol. The second-order valence-electron chi connectivity index (χ2n) is 3.92. The minimum atomic E-state index is -0.938. The highest BCUT2D eigenvalue weighted by molar-refractivity contribution is 5.83. The van der Waals surface area contributed by atoms with Gasteiger partial charge in [-0.15, -0.1) is 0 Å². The van der Waals surface area contributed by atoms with Gasteiger partial charge >= 0.3 is 12.0 Å². The van der Waals surface area contributed by atoms with E-state index in [1.165, 1.54) is 4.90 Å². The lowest BCUT2D eigenvalue weighted by Gasteiger charge is -2.22. The van der Waals surface area contributed by atoms with Crippen LogP contribution in [0.3, 0.4) is 0 Å². The SMILES string of the molecule is COC(C)CNC(=O)N1CCCC1C(=O)O. The first-order chi connectivity index (χ1) is 7.56. The Bertz CT molecular complexity index is 270. The molecule has 0 saturated carbocycles. The maximum atomic E-state index is 11.7. The molecule has 1 fully saturated rings. The van der Waals surface area contributed by atoms with Crippen molar-refractivity contribution in [3.8, 4) is 0 Å². The van der Waals surface area contributed by atoms with Crippen LogP contribution in [0.15, 0.2) is 0 Å². The highest BCUT2D eigenvalue weighted by Crippen LogP contribution is 2.17. The van der Waals surface area contributed by atoms with E-state index < -0.39 is 12.0 Å². The zero-order valence-electron chi connectivity index (χ0n) is 9.60. The summed E-state index contributed by atoms with van der Waals surface area (Å²) in [7, 11) is 1.56. The molecule has 0 spiro atoms. The summed E-state index contributed by atoms with van der Waals surface area (Å²) >= 11 is 0. The Balaban J connectivity index is 2.44. The van der Waals surface area contributed by atoms with Crippen LogP contribution in [0.5, 0.6) is 0 Å². The van der Waals surface area contributed by atoms with Gasteiger partial charge in [-0.25, -0.2) is 9.59 Å². The van der Waals surface area contributed by atoms with Crippen molar-refractivity contribution in [2.75, 3.05) is 20.2 Å². The molecule has 2 unspecified atom stereocenters. The fourth-order valence-corrected chi connectivity index (χ4v) is 1.68. The van der Waals surface area contributed by atoms with Crippen molar-refractivity contribution in [3.05, 3.63) is 0 Å². The quantitative estimate of drug-likeness (QED) is 0.727. The Kier molecular flexibility index (Phi) is 4.54. The first-order valence-electron chi connectivity index (χ1n) is 5.36. The van der Waals surface area contributed by atoms with Crippen LogP contribution in [0.2, 0.25) is 0 Å². The number of rotatable bonds is 4. The predicted octanol–water partition coefficient (Wildman–Crippen LogP) is 0.280. The molecule has 2 N–H and O–H groups in total. The maximum absolute atomic E-state index is 11.7. The summed E-state index contributed by atoms with van der Waals surface area (Å²) in [6, 6.07) is -1.01. The standard InChI is InChI=1S/C10H18N2O4/c1-7(16-2)6-11-10(15)12-5-3-4-8(12)9(13)14/h7-8H,3-6H2,1-2H3,(H,11,15)(H,13,14). The van der Waals surface area contributed by atoms with Crippen LogP contribution in [0.1, 0.15) is 19.8 Å². The summed E-state index contributed by atoms with van der Waals surface area (Å²) in [5.74, 6) is -0.938. The highest BCUT2D eigenvalue weighted by atomic mass is 16.5. The molecule has 6 nitrogen and oxygen atoms in total. The molecule has 1 saturated heterocycles. The summed E-state index contributed by atoms with van der Waals surface area (Å²) in [5, 5.41) is 11.6. The van der Waals surface area contributed by atoms with E-state index in [-0.39, 0.29) is 12.1 Å². The van der Waals surface area contributed by atoms with Gasteiger partial charge in [-0.1, -0.05) is 0 Å². The second kappa shape index (κ2) is 5.69. The normalized spacial score (nSPS) is 21.9. The largest absolute Gasteiger partial charge is 0.480 e. The lowest BCUT2D eigenvalue weighted by Crippen LogP contribution is -2.47. The average Bonchev–Trinajstić information content (AvgIpc) is 2.74. The van der Waals surface area contributed by atoms with Gasteiger partial charge < -0.3 is 20.1 Å². The summed E-state index contributed by atoms with van der Waals surface area (Å²) in [6.07, 6.45) is 1.20. The van der Waals surface area contributed by atoms with Gasteiger partial charge in [0.1, 0.15) is 6.04 Å². The number of carbonyl (C=O) groups excluding carboxylic acids is 1. The molecule has 92 valence electrons. The summed E-state index contributed by atoms with van der Waals surface area (Å²) in [6.45, 7) is 2.72. The van der Waals surface area contributed by atoms with Crippen molar-refractivity contribution in [1.29, 1.82) is 0 Å². The Labute approximate surface area is 94.6 Å². The number of hydrogen-bond acceptors (Lipinski definition) is 3. The van der Waals surface area contributed by atoms with Crippen LogP contribution in [-0.2, 0) is 9.53 Å². The number of hydrogen-bond donors (Lipinski definition) is 2. The van der Waals surface area contributed by atoms with Gasteiger partial charge in [0.05, 0.1) is 6.10 Å². The molecular formula is C10H18N2O4. The number of ether oxygens (including phenoxy) is 1. The van der Waals surface area contributed by atoms with Gasteiger partial charge in [0.2, 0.25) is 0 Å². The molecule has 0 aromatic rings. The fraction of sp³-hybridized carbons (Fsp3) is 0.800. The summed E-state index contributed by atoms with van der Waals surface area (Å²) in [5.41, 5.74) is 0. The Morgan fingerprint density at radius 1 is 1.62 bits per heavy atom. The molecule has 0 aromatic heterocycles. The van der Waals surface area contributed by atoms with Gasteiger partial charge in [0.25, 0.3) is 0 Å². The Morgan fingerprint density at radius 3 is 2.88 bits per heavy atom. The smallest absolute Gasteiger partial charge is 0.326 e. The zero-order chi connectivity index (χ0) is 12.1. The van der Waals surface area contributed by atoms with E-state index in [1.54, 1.807) is 7.11 Å². The topological polar surface area (TPSA) is 78.9 Å². The Hall–Kier alpha value is -1.30. The third kappa shape index (κ3) is 3.10. The molecular weight excluding hydrogens is 212 g/mol. The van der Waals surface area contributed by atoms with Gasteiger partial charge in [0, 0.05) is 20.2 Å². The minimum absolute atomic E-state index is 0.0742. The van der Waals surface area contributed by atoms with Gasteiger partial charge in [-0.3, -0.25) is 0 Å². The number of carboxylic acid groups (broad SMARTS) is 1.